The molecular weight excluding hydrogens is 585 g/mol. The summed E-state index contributed by atoms with van der Waals surface area (Å²) in [5.74, 6) is 1.50. The molecule has 6 rings (SSSR count). The molecule has 0 aliphatic carbocycles. The number of hydrogen-bond donors (Lipinski definition) is 0. The highest BCUT2D eigenvalue weighted by atomic mass is 32.2. The van der Waals surface area contributed by atoms with E-state index in [4.69, 9.17) is 4.42 Å². The first-order valence-corrected chi connectivity index (χ1v) is 15.0. The minimum Gasteiger partial charge on any atom is -0.461 e. The Kier molecular flexibility index (Phi) is 7.78. The second-order valence-electron chi connectivity index (χ2n) is 9.65. The third-order valence-electron chi connectivity index (χ3n) is 6.93. The first kappa shape index (κ1) is 28.0. The number of carbonyl (C=O) groups excluding carboxylic acids is 1. The molecule has 8 nitrogen and oxygen atoms in total. The Morgan fingerprint density at radius 2 is 1.83 bits per heavy atom. The monoisotopic (exact) mass is 610 g/mol. The number of alkyl halides is 3. The van der Waals surface area contributed by atoms with Gasteiger partial charge in [0.15, 0.2) is 10.9 Å². The minimum absolute atomic E-state index is 0.186. The lowest BCUT2D eigenvalue weighted by molar-refractivity contribution is -0.137. The number of thiazole rings is 1. The Balaban J connectivity index is 1.11. The van der Waals surface area contributed by atoms with E-state index in [1.54, 1.807) is 28.7 Å². The molecule has 0 spiro atoms. The van der Waals surface area contributed by atoms with Gasteiger partial charge in [0, 0.05) is 37.2 Å². The quantitative estimate of drug-likeness (QED) is 0.193. The van der Waals surface area contributed by atoms with Crippen molar-refractivity contribution in [3.63, 3.8) is 0 Å². The Morgan fingerprint density at radius 3 is 2.57 bits per heavy atom. The third kappa shape index (κ3) is 5.79. The van der Waals surface area contributed by atoms with E-state index in [1.165, 1.54) is 29.2 Å². The number of aromatic nitrogens is 4. The van der Waals surface area contributed by atoms with Crippen LogP contribution in [0.2, 0.25) is 0 Å². The number of para-hydroxylation sites is 1. The predicted octanol–water partition coefficient (Wildman–Crippen LogP) is 6.57. The Labute approximate surface area is 247 Å². The van der Waals surface area contributed by atoms with Crippen LogP contribution in [0.15, 0.2) is 81.9 Å². The van der Waals surface area contributed by atoms with Crippen LogP contribution in [0.1, 0.15) is 26.6 Å². The van der Waals surface area contributed by atoms with E-state index < -0.39 is 11.7 Å². The molecule has 0 unspecified atom stereocenters. The summed E-state index contributed by atoms with van der Waals surface area (Å²) in [6.45, 7) is 3.68. The van der Waals surface area contributed by atoms with Crippen LogP contribution in [0.25, 0.3) is 17.3 Å². The molecule has 1 aliphatic heterocycles. The van der Waals surface area contributed by atoms with Crippen molar-refractivity contribution in [2.24, 2.45) is 0 Å². The van der Waals surface area contributed by atoms with Gasteiger partial charge in [0.2, 0.25) is 5.82 Å². The van der Waals surface area contributed by atoms with Crippen LogP contribution >= 0.6 is 23.1 Å². The molecule has 42 heavy (non-hydrogen) atoms. The van der Waals surface area contributed by atoms with Crippen LogP contribution in [-0.2, 0) is 11.9 Å². The second kappa shape index (κ2) is 11.6. The third-order valence-corrected chi connectivity index (χ3v) is 8.90. The average molecular weight is 611 g/mol. The van der Waals surface area contributed by atoms with E-state index in [9.17, 15) is 18.0 Å². The summed E-state index contributed by atoms with van der Waals surface area (Å²) in [5, 5.41) is 12.0. The zero-order valence-electron chi connectivity index (χ0n) is 22.4. The van der Waals surface area contributed by atoms with Crippen LogP contribution in [-0.4, -0.2) is 56.7 Å². The minimum atomic E-state index is -4.40. The first-order valence-electron chi connectivity index (χ1n) is 13.1. The van der Waals surface area contributed by atoms with Gasteiger partial charge in [0.25, 0.3) is 5.91 Å². The highest BCUT2D eigenvalue weighted by molar-refractivity contribution is 7.98. The summed E-state index contributed by atoms with van der Waals surface area (Å²) in [4.78, 5) is 21.3. The Bertz CT molecular complexity index is 1690. The summed E-state index contributed by atoms with van der Waals surface area (Å²) in [6, 6.07) is 16.9. The number of piperazine rings is 1. The SMILES string of the molecule is Cc1ccccc1-n1c(SCc2nc(C(=O)N3CCN(c4cccc(C(F)(F)F)c4)CC3)cs2)nnc1-c1ccco1. The number of anilines is 1. The summed E-state index contributed by atoms with van der Waals surface area (Å²) in [6.07, 6.45) is -2.80. The molecule has 0 radical (unpaired) electrons. The highest BCUT2D eigenvalue weighted by Gasteiger charge is 2.31. The number of amides is 1. The molecule has 1 aliphatic rings. The average Bonchev–Trinajstić information content (AvgIpc) is 3.77. The van der Waals surface area contributed by atoms with Gasteiger partial charge in [-0.25, -0.2) is 4.98 Å². The van der Waals surface area contributed by atoms with Crippen LogP contribution in [0.3, 0.4) is 0 Å². The topological polar surface area (TPSA) is 80.3 Å². The smallest absolute Gasteiger partial charge is 0.416 e. The van der Waals surface area contributed by atoms with Gasteiger partial charge in [-0.3, -0.25) is 9.36 Å². The largest absolute Gasteiger partial charge is 0.461 e. The molecule has 1 amide bonds. The molecule has 4 heterocycles. The van der Waals surface area contributed by atoms with Crippen molar-refractivity contribution < 1.29 is 22.4 Å². The lowest BCUT2D eigenvalue weighted by Crippen LogP contribution is -2.49. The highest BCUT2D eigenvalue weighted by Crippen LogP contribution is 2.33. The number of benzene rings is 2. The van der Waals surface area contributed by atoms with Crippen molar-refractivity contribution in [1.29, 1.82) is 0 Å². The van der Waals surface area contributed by atoms with Crippen LogP contribution in [0.5, 0.6) is 0 Å². The maximum absolute atomic E-state index is 13.2. The van der Waals surface area contributed by atoms with Gasteiger partial charge in [0.1, 0.15) is 10.7 Å². The molecule has 13 heteroatoms. The van der Waals surface area contributed by atoms with Crippen molar-refractivity contribution in [2.45, 2.75) is 24.0 Å². The Hall–Kier alpha value is -4.10. The first-order chi connectivity index (χ1) is 20.3. The van der Waals surface area contributed by atoms with E-state index in [0.717, 1.165) is 28.4 Å². The molecule has 0 N–H and O–H groups in total. The fourth-order valence-electron chi connectivity index (χ4n) is 4.77. The molecule has 1 saturated heterocycles. The normalized spacial score (nSPS) is 14.0. The molecular formula is C29H25F3N6O2S2. The fourth-order valence-corrected chi connectivity index (χ4v) is 6.50. The van der Waals surface area contributed by atoms with Crippen molar-refractivity contribution in [3.8, 4) is 17.3 Å². The zero-order chi connectivity index (χ0) is 29.3. The Morgan fingerprint density at radius 1 is 1.02 bits per heavy atom. The van der Waals surface area contributed by atoms with Crippen molar-refractivity contribution in [3.05, 3.63) is 94.1 Å². The van der Waals surface area contributed by atoms with Crippen LogP contribution in [0, 0.1) is 6.92 Å². The summed E-state index contributed by atoms with van der Waals surface area (Å²) in [5.41, 5.74) is 2.18. The summed E-state index contributed by atoms with van der Waals surface area (Å²) < 4.78 is 46.9. The lowest BCUT2D eigenvalue weighted by Gasteiger charge is -2.36. The van der Waals surface area contributed by atoms with Crippen molar-refractivity contribution >= 4 is 34.7 Å². The van der Waals surface area contributed by atoms with Gasteiger partial charge >= 0.3 is 6.18 Å². The molecule has 2 aromatic carbocycles. The zero-order valence-corrected chi connectivity index (χ0v) is 24.0. The van der Waals surface area contributed by atoms with Crippen molar-refractivity contribution in [2.75, 3.05) is 31.1 Å². The number of halogens is 3. The van der Waals surface area contributed by atoms with E-state index in [2.05, 4.69) is 15.2 Å². The number of furan rings is 1. The maximum atomic E-state index is 13.2. The molecule has 0 atom stereocenters. The lowest BCUT2D eigenvalue weighted by atomic mass is 10.1. The maximum Gasteiger partial charge on any atom is 0.416 e. The molecule has 0 bridgehead atoms. The molecule has 5 aromatic rings. The molecule has 216 valence electrons. The van der Waals surface area contributed by atoms with Gasteiger partial charge in [-0.2, -0.15) is 13.2 Å². The number of thioether (sulfide) groups is 1. The van der Waals surface area contributed by atoms with Gasteiger partial charge < -0.3 is 14.2 Å². The number of rotatable bonds is 7. The van der Waals surface area contributed by atoms with Crippen molar-refractivity contribution in [1.82, 2.24) is 24.6 Å². The molecule has 0 saturated carbocycles. The number of hydrogen-bond acceptors (Lipinski definition) is 8. The molecule has 3 aromatic heterocycles. The standard InChI is InChI=1S/C29H25F3N6O2S2/c1-19-6-2-3-9-23(19)38-26(24-10-5-15-40-24)34-35-28(38)42-18-25-33-22(17-41-25)27(39)37-13-11-36(12-14-37)21-8-4-7-20(16-21)29(30,31)32/h2-10,15-17H,11-14,18H2,1H3. The second-order valence-corrected chi connectivity index (χ2v) is 11.5. The van der Waals surface area contributed by atoms with Crippen LogP contribution < -0.4 is 4.90 Å². The van der Waals surface area contributed by atoms with E-state index in [1.807, 2.05) is 46.7 Å². The number of nitrogens with zero attached hydrogens (tertiary/aromatic N) is 6. The number of aryl methyl sites for hydroxylation is 1. The van der Waals surface area contributed by atoms with Crippen LogP contribution in [0.4, 0.5) is 18.9 Å². The van der Waals surface area contributed by atoms with Gasteiger partial charge in [-0.1, -0.05) is 36.0 Å². The summed E-state index contributed by atoms with van der Waals surface area (Å²) in [7, 11) is 0. The predicted molar refractivity (Wildman–Crippen MR) is 155 cm³/mol. The molecule has 1 fully saturated rings. The number of carbonyl (C=O) groups is 1. The van der Waals surface area contributed by atoms with Gasteiger partial charge in [-0.05, 0) is 48.9 Å². The van der Waals surface area contributed by atoms with E-state index >= 15 is 0 Å². The van der Waals surface area contributed by atoms with Gasteiger partial charge in [-0.15, -0.1) is 21.5 Å². The van der Waals surface area contributed by atoms with E-state index in [-0.39, 0.29) is 5.91 Å². The van der Waals surface area contributed by atoms with Gasteiger partial charge in [0.05, 0.1) is 23.3 Å². The van der Waals surface area contributed by atoms with E-state index in [0.29, 0.717) is 60.1 Å². The summed E-state index contributed by atoms with van der Waals surface area (Å²) >= 11 is 2.87. The fraction of sp³-hybridized carbons (Fsp3) is 0.241.